The lowest BCUT2D eigenvalue weighted by molar-refractivity contribution is -0.136. The second kappa shape index (κ2) is 19.3. The van der Waals surface area contributed by atoms with Crippen molar-refractivity contribution in [2.75, 3.05) is 51.7 Å². The third-order valence-electron chi connectivity index (χ3n) is 11.1. The molecule has 1 fully saturated rings. The molecule has 0 bridgehead atoms. The molecule has 18 heteroatoms. The Labute approximate surface area is 381 Å². The summed E-state index contributed by atoms with van der Waals surface area (Å²) in [5.41, 5.74) is 3.52. The summed E-state index contributed by atoms with van der Waals surface area (Å²) in [6.45, 7) is 2.61. The number of nitrogens with one attached hydrogen (secondary N) is 3. The Morgan fingerprint density at radius 3 is 2.54 bits per heavy atom. The normalized spacial score (nSPS) is 15.3. The average molecular weight is 918 g/mol. The maximum atomic E-state index is 14.1. The number of thiocarbonyl (C=S) groups is 1. The van der Waals surface area contributed by atoms with Crippen LogP contribution in [0, 0.1) is 5.82 Å². The van der Waals surface area contributed by atoms with Crippen molar-refractivity contribution in [3.8, 4) is 28.2 Å². The standard InChI is InChI=1S/C47H41ClFN7O8S/c1-63-46(62)42-37(53-44(36-5-2-3-15-50-36)54-43(42)31-11-7-26(49)21-35(31)48)25-55-17-19-56(20-18-55)40(59)6-4-16-51-47(65)52-27-8-12-30(34(22-27)45(60)61)41-32-13-9-28(57)23-38(32)64-39-24-29(58)10-14-33(39)41/h2-3,5,7-15,21-24,43,57H,4,6,16-20,25H2,1H3,(H,53,54)(H,60,61)(H2,51,52,65). The molecule has 3 aromatic carbocycles. The van der Waals surface area contributed by atoms with E-state index in [2.05, 4.69) is 25.8 Å². The zero-order chi connectivity index (χ0) is 45.8. The predicted molar refractivity (Wildman–Crippen MR) is 247 cm³/mol. The third-order valence-corrected chi connectivity index (χ3v) is 11.7. The molecule has 0 spiro atoms. The number of carbonyl (C=O) groups excluding carboxylic acids is 2. The molecule has 65 heavy (non-hydrogen) atoms. The number of anilines is 1. The topological polar surface area (TPSA) is 199 Å². The van der Waals surface area contributed by atoms with Gasteiger partial charge in [-0.15, -0.1) is 0 Å². The Bertz CT molecular complexity index is 2940. The first-order chi connectivity index (χ1) is 31.4. The number of benzene rings is 4. The summed E-state index contributed by atoms with van der Waals surface area (Å²) >= 11 is 12.0. The number of hydrogen-bond acceptors (Lipinski definition) is 12. The van der Waals surface area contributed by atoms with Gasteiger partial charge in [-0.3, -0.25) is 24.5 Å². The zero-order valence-corrected chi connectivity index (χ0v) is 36.3. The van der Waals surface area contributed by atoms with Gasteiger partial charge in [-0.2, -0.15) is 0 Å². The number of aliphatic imine (C=N–C) groups is 1. The molecule has 8 rings (SSSR count). The summed E-state index contributed by atoms with van der Waals surface area (Å²) < 4.78 is 25.2. The molecule has 1 unspecified atom stereocenters. The molecule has 3 aliphatic heterocycles. The number of esters is 1. The van der Waals surface area contributed by atoms with Gasteiger partial charge in [0.15, 0.2) is 16.4 Å². The van der Waals surface area contributed by atoms with Crippen LogP contribution in [0.5, 0.6) is 5.75 Å². The van der Waals surface area contributed by atoms with Crippen LogP contribution in [0.25, 0.3) is 33.4 Å². The third kappa shape index (κ3) is 9.82. The molecule has 1 aromatic heterocycles. The van der Waals surface area contributed by atoms with Crippen LogP contribution in [0.4, 0.5) is 10.1 Å². The van der Waals surface area contributed by atoms with Crippen LogP contribution in [0.2, 0.25) is 5.02 Å². The zero-order valence-electron chi connectivity index (χ0n) is 34.8. The molecular formula is C47H41ClFN7O8S. The van der Waals surface area contributed by atoms with E-state index in [4.69, 9.17) is 38.0 Å². The minimum absolute atomic E-state index is 0.0247. The summed E-state index contributed by atoms with van der Waals surface area (Å²) in [4.78, 5) is 64.6. The lowest BCUT2D eigenvalue weighted by Gasteiger charge is -2.36. The van der Waals surface area contributed by atoms with Gasteiger partial charge in [-0.25, -0.2) is 14.0 Å². The molecule has 4 heterocycles. The molecular weight excluding hydrogens is 877 g/mol. The molecule has 1 saturated heterocycles. The van der Waals surface area contributed by atoms with E-state index in [0.29, 0.717) is 96.2 Å². The van der Waals surface area contributed by atoms with Gasteiger partial charge in [0.1, 0.15) is 34.6 Å². The Kier molecular flexibility index (Phi) is 13.2. The summed E-state index contributed by atoms with van der Waals surface area (Å²) in [7, 11) is 1.28. The van der Waals surface area contributed by atoms with Crippen LogP contribution >= 0.6 is 23.8 Å². The molecule has 1 amide bonds. The number of hydrogen-bond donors (Lipinski definition) is 5. The fraction of sp³-hybridized carbons (Fsp3) is 0.213. The Balaban J connectivity index is 0.873. The van der Waals surface area contributed by atoms with Gasteiger partial charge in [0, 0.05) is 103 Å². The maximum Gasteiger partial charge on any atom is 0.338 e. The van der Waals surface area contributed by atoms with Crippen LogP contribution in [-0.4, -0.2) is 100 Å². The van der Waals surface area contributed by atoms with E-state index in [1.807, 2.05) is 6.07 Å². The molecule has 1 aliphatic carbocycles. The number of aromatic hydroxyl groups is 1. The number of carbonyl (C=O) groups is 3. The number of pyridine rings is 1. The smallest absolute Gasteiger partial charge is 0.338 e. The first-order valence-electron chi connectivity index (χ1n) is 20.5. The number of aromatic nitrogens is 1. The summed E-state index contributed by atoms with van der Waals surface area (Å²) in [5.74, 6) is -1.76. The number of fused-ring (bicyclic) bond motifs is 2. The van der Waals surface area contributed by atoms with Gasteiger partial charge in [-0.05, 0) is 84.9 Å². The second-order valence-electron chi connectivity index (χ2n) is 15.3. The van der Waals surface area contributed by atoms with E-state index in [1.165, 1.54) is 55.6 Å². The highest BCUT2D eigenvalue weighted by Gasteiger charge is 2.35. The Hall–Kier alpha value is -7.21. The molecule has 15 nitrogen and oxygen atoms in total. The minimum Gasteiger partial charge on any atom is -0.508 e. The molecule has 332 valence electrons. The summed E-state index contributed by atoms with van der Waals surface area (Å²) in [6.07, 6.45) is 2.36. The number of carboxylic acids is 1. The van der Waals surface area contributed by atoms with Gasteiger partial charge in [0.05, 0.1) is 18.2 Å². The largest absolute Gasteiger partial charge is 0.508 e. The van der Waals surface area contributed by atoms with Crippen molar-refractivity contribution >= 4 is 69.3 Å². The number of amidine groups is 1. The number of carboxylic acid groups (broad SMARTS) is 1. The number of phenols is 1. The van der Waals surface area contributed by atoms with Gasteiger partial charge >= 0.3 is 11.9 Å². The number of aromatic carboxylic acids is 1. The molecule has 1 atom stereocenters. The van der Waals surface area contributed by atoms with Crippen LogP contribution in [-0.2, 0) is 14.3 Å². The summed E-state index contributed by atoms with van der Waals surface area (Å²) in [5, 5.41) is 30.7. The van der Waals surface area contributed by atoms with Crippen molar-refractivity contribution < 1.29 is 38.1 Å². The molecule has 0 radical (unpaired) electrons. The van der Waals surface area contributed by atoms with Crippen molar-refractivity contribution in [1.82, 2.24) is 25.4 Å². The first-order valence-corrected chi connectivity index (χ1v) is 21.3. The SMILES string of the molecule is COC(=O)C1=C(CN2CCN(C(=O)CCCNC(=S)Nc3ccc(-c4c5ccc(=O)cc-5oc5cc(O)ccc45)c(C(=O)O)c3)CC2)NC(c2ccccn2)=NC1c1ccc(F)cc1Cl. The van der Waals surface area contributed by atoms with Crippen molar-refractivity contribution in [3.63, 3.8) is 0 Å². The lowest BCUT2D eigenvalue weighted by Crippen LogP contribution is -2.50. The molecule has 5 N–H and O–H groups in total. The Morgan fingerprint density at radius 2 is 1.80 bits per heavy atom. The highest BCUT2D eigenvalue weighted by atomic mass is 35.5. The van der Waals surface area contributed by atoms with Crippen molar-refractivity contribution in [3.05, 3.63) is 146 Å². The highest BCUT2D eigenvalue weighted by Crippen LogP contribution is 2.42. The van der Waals surface area contributed by atoms with E-state index in [1.54, 1.807) is 47.5 Å². The Morgan fingerprint density at radius 1 is 1.00 bits per heavy atom. The van der Waals surface area contributed by atoms with Gasteiger partial charge in [0.25, 0.3) is 0 Å². The average Bonchev–Trinajstić information content (AvgIpc) is 3.29. The quantitative estimate of drug-likeness (QED) is 0.0382. The van der Waals surface area contributed by atoms with E-state index in [-0.39, 0.29) is 56.1 Å². The lowest BCUT2D eigenvalue weighted by atomic mass is 9.90. The molecule has 0 saturated carbocycles. The van der Waals surface area contributed by atoms with Crippen LogP contribution in [0.1, 0.15) is 40.5 Å². The molecule has 4 aliphatic rings. The monoisotopic (exact) mass is 917 g/mol. The summed E-state index contributed by atoms with van der Waals surface area (Å²) in [6, 6.07) is 22.0. The van der Waals surface area contributed by atoms with Crippen molar-refractivity contribution in [1.29, 1.82) is 0 Å². The predicted octanol–water partition coefficient (Wildman–Crippen LogP) is 6.59. The fourth-order valence-electron chi connectivity index (χ4n) is 7.97. The number of phenolic OH excluding ortho intramolecular Hbond substituents is 1. The van der Waals surface area contributed by atoms with E-state index in [9.17, 15) is 33.8 Å². The van der Waals surface area contributed by atoms with Crippen LogP contribution in [0.3, 0.4) is 0 Å². The number of ether oxygens (including phenoxy) is 1. The van der Waals surface area contributed by atoms with Crippen LogP contribution < -0.4 is 21.4 Å². The van der Waals surface area contributed by atoms with E-state index < -0.39 is 23.8 Å². The first kappa shape index (κ1) is 44.4. The second-order valence-corrected chi connectivity index (χ2v) is 16.1. The number of halogens is 2. The van der Waals surface area contributed by atoms with Crippen molar-refractivity contribution in [2.24, 2.45) is 4.99 Å². The van der Waals surface area contributed by atoms with Crippen molar-refractivity contribution in [2.45, 2.75) is 18.9 Å². The number of rotatable bonds is 12. The highest BCUT2D eigenvalue weighted by molar-refractivity contribution is 7.80. The van der Waals surface area contributed by atoms with E-state index >= 15 is 0 Å². The minimum atomic E-state index is -1.19. The maximum absolute atomic E-state index is 14.1. The van der Waals surface area contributed by atoms with Crippen LogP contribution in [0.15, 0.2) is 123 Å². The van der Waals surface area contributed by atoms with E-state index in [0.717, 1.165) is 0 Å². The molecule has 4 aromatic rings. The number of methoxy groups -OCH3 is 1. The van der Waals surface area contributed by atoms with Gasteiger partial charge in [-0.1, -0.05) is 29.8 Å². The number of amides is 1. The number of piperazine rings is 1. The van der Waals surface area contributed by atoms with Gasteiger partial charge in [0.2, 0.25) is 5.91 Å². The number of nitrogens with zero attached hydrogens (tertiary/aromatic N) is 4. The van der Waals surface area contributed by atoms with Gasteiger partial charge < -0.3 is 40.2 Å². The fourth-order valence-corrected chi connectivity index (χ4v) is 8.46.